The van der Waals surface area contributed by atoms with Gasteiger partial charge in [0.2, 0.25) is 11.8 Å². The lowest BCUT2D eigenvalue weighted by atomic mass is 9.92. The van der Waals surface area contributed by atoms with Crippen LogP contribution in [-0.4, -0.2) is 53.3 Å². The molecule has 0 atom stereocenters. The van der Waals surface area contributed by atoms with E-state index in [0.717, 1.165) is 29.8 Å². The zero-order valence-corrected chi connectivity index (χ0v) is 19.7. The summed E-state index contributed by atoms with van der Waals surface area (Å²) in [6.45, 7) is 11.1. The van der Waals surface area contributed by atoms with Gasteiger partial charge in [0.1, 0.15) is 5.82 Å². The minimum atomic E-state index is -0.255. The SMILES string of the molecule is CCCCC(=O)N(CCOC)CC(=O)Nc1cc(C(C)(C)C)nn1-c1ccc(C)cc1. The van der Waals surface area contributed by atoms with E-state index in [9.17, 15) is 9.59 Å². The van der Waals surface area contributed by atoms with Crippen molar-refractivity contribution in [2.24, 2.45) is 0 Å². The third-order valence-corrected chi connectivity index (χ3v) is 5.02. The van der Waals surface area contributed by atoms with Gasteiger partial charge in [0.25, 0.3) is 0 Å². The van der Waals surface area contributed by atoms with E-state index >= 15 is 0 Å². The van der Waals surface area contributed by atoms with Crippen LogP contribution in [0.5, 0.6) is 0 Å². The zero-order chi connectivity index (χ0) is 23.0. The van der Waals surface area contributed by atoms with Gasteiger partial charge in [-0.25, -0.2) is 4.68 Å². The van der Waals surface area contributed by atoms with Crippen LogP contribution in [0.3, 0.4) is 0 Å². The molecule has 7 heteroatoms. The summed E-state index contributed by atoms with van der Waals surface area (Å²) in [4.78, 5) is 27.0. The third-order valence-electron chi connectivity index (χ3n) is 5.02. The normalized spacial score (nSPS) is 11.4. The Labute approximate surface area is 185 Å². The fourth-order valence-corrected chi connectivity index (χ4v) is 3.05. The fourth-order valence-electron chi connectivity index (χ4n) is 3.05. The average Bonchev–Trinajstić information content (AvgIpc) is 3.14. The first kappa shape index (κ1) is 24.6. The van der Waals surface area contributed by atoms with Crippen LogP contribution in [0.1, 0.15) is 58.2 Å². The van der Waals surface area contributed by atoms with Crippen molar-refractivity contribution in [1.29, 1.82) is 0 Å². The number of hydrogen-bond acceptors (Lipinski definition) is 4. The molecule has 170 valence electrons. The van der Waals surface area contributed by atoms with E-state index in [1.165, 1.54) is 0 Å². The lowest BCUT2D eigenvalue weighted by molar-refractivity contribution is -0.135. The summed E-state index contributed by atoms with van der Waals surface area (Å²) in [7, 11) is 1.59. The van der Waals surface area contributed by atoms with E-state index in [1.54, 1.807) is 16.7 Å². The van der Waals surface area contributed by atoms with Crippen molar-refractivity contribution in [3.8, 4) is 5.69 Å². The molecule has 7 nitrogen and oxygen atoms in total. The summed E-state index contributed by atoms with van der Waals surface area (Å²) in [6, 6.07) is 9.87. The molecule has 1 aromatic carbocycles. The highest BCUT2D eigenvalue weighted by Gasteiger charge is 2.23. The second-order valence-electron chi connectivity index (χ2n) is 8.87. The van der Waals surface area contributed by atoms with Crippen LogP contribution in [0.25, 0.3) is 5.69 Å². The predicted molar refractivity (Wildman–Crippen MR) is 124 cm³/mol. The molecule has 0 spiro atoms. The lowest BCUT2D eigenvalue weighted by Crippen LogP contribution is -2.40. The summed E-state index contributed by atoms with van der Waals surface area (Å²) in [5.74, 6) is 0.303. The first-order valence-electron chi connectivity index (χ1n) is 10.9. The Hall–Kier alpha value is -2.67. The maximum absolute atomic E-state index is 12.9. The highest BCUT2D eigenvalue weighted by molar-refractivity contribution is 5.94. The molecule has 31 heavy (non-hydrogen) atoms. The molecule has 2 rings (SSSR count). The van der Waals surface area contributed by atoms with E-state index in [-0.39, 0.29) is 23.8 Å². The van der Waals surface area contributed by atoms with Gasteiger partial charge in [0.15, 0.2) is 0 Å². The molecule has 0 aliphatic carbocycles. The summed E-state index contributed by atoms with van der Waals surface area (Å²) < 4.78 is 6.86. The maximum atomic E-state index is 12.9. The van der Waals surface area contributed by atoms with Gasteiger partial charge in [0, 0.05) is 31.6 Å². The Kier molecular flexibility index (Phi) is 8.80. The second-order valence-corrected chi connectivity index (χ2v) is 8.87. The highest BCUT2D eigenvalue weighted by atomic mass is 16.5. The van der Waals surface area contributed by atoms with Crippen LogP contribution < -0.4 is 5.32 Å². The van der Waals surface area contributed by atoms with Gasteiger partial charge >= 0.3 is 0 Å². The predicted octanol–water partition coefficient (Wildman–Crippen LogP) is 4.08. The molecule has 1 aromatic heterocycles. The Morgan fingerprint density at radius 2 is 1.87 bits per heavy atom. The quantitative estimate of drug-likeness (QED) is 0.619. The molecule has 0 saturated heterocycles. The summed E-state index contributed by atoms with van der Waals surface area (Å²) in [6.07, 6.45) is 2.17. The number of methoxy groups -OCH3 is 1. The molecular weight excluding hydrogens is 392 g/mol. The molecule has 0 fully saturated rings. The number of hydrogen-bond donors (Lipinski definition) is 1. The monoisotopic (exact) mass is 428 g/mol. The van der Waals surface area contributed by atoms with Gasteiger partial charge in [-0.3, -0.25) is 9.59 Å². The van der Waals surface area contributed by atoms with Gasteiger partial charge in [-0.15, -0.1) is 0 Å². The molecule has 0 aliphatic heterocycles. The number of rotatable bonds is 10. The largest absolute Gasteiger partial charge is 0.383 e. The Morgan fingerprint density at radius 3 is 2.45 bits per heavy atom. The van der Waals surface area contributed by atoms with Crippen LogP contribution in [0.15, 0.2) is 30.3 Å². The highest BCUT2D eigenvalue weighted by Crippen LogP contribution is 2.26. The van der Waals surface area contributed by atoms with E-state index in [4.69, 9.17) is 9.84 Å². The zero-order valence-electron chi connectivity index (χ0n) is 19.7. The number of nitrogens with one attached hydrogen (secondary N) is 1. The molecule has 0 radical (unpaired) electrons. The number of benzene rings is 1. The molecule has 0 aliphatic rings. The smallest absolute Gasteiger partial charge is 0.245 e. The van der Waals surface area contributed by atoms with E-state index in [1.807, 2.05) is 44.2 Å². The number of ether oxygens (including phenoxy) is 1. The second kappa shape index (κ2) is 11.1. The molecule has 1 N–H and O–H groups in total. The molecule has 1 heterocycles. The van der Waals surface area contributed by atoms with Crippen LogP contribution >= 0.6 is 0 Å². The number of amides is 2. The van der Waals surface area contributed by atoms with Crippen LogP contribution in [-0.2, 0) is 19.7 Å². The Morgan fingerprint density at radius 1 is 1.19 bits per heavy atom. The Bertz CT molecular complexity index is 866. The Balaban J connectivity index is 2.24. The van der Waals surface area contributed by atoms with Gasteiger partial charge < -0.3 is 15.0 Å². The number of aromatic nitrogens is 2. The standard InChI is InChI=1S/C24H36N4O3/c1-7-8-9-23(30)27(14-15-31-6)17-22(29)25-21-16-20(24(3,4)5)26-28(21)19-12-10-18(2)11-13-19/h10-13,16H,7-9,14-15,17H2,1-6H3,(H,25,29). The molecule has 0 unspecified atom stereocenters. The third kappa shape index (κ3) is 7.21. The van der Waals surface area contributed by atoms with Crippen LogP contribution in [0, 0.1) is 6.92 Å². The number of carbonyl (C=O) groups excluding carboxylic acids is 2. The van der Waals surface area contributed by atoms with E-state index in [2.05, 4.69) is 26.1 Å². The average molecular weight is 429 g/mol. The van der Waals surface area contributed by atoms with Crippen molar-refractivity contribution in [1.82, 2.24) is 14.7 Å². The molecular formula is C24H36N4O3. The molecule has 0 bridgehead atoms. The first-order chi connectivity index (χ1) is 14.7. The molecule has 2 amide bonds. The number of unbranched alkanes of at least 4 members (excludes halogenated alkanes) is 1. The van der Waals surface area contributed by atoms with E-state index < -0.39 is 0 Å². The van der Waals surface area contributed by atoms with Gasteiger partial charge in [0.05, 0.1) is 24.5 Å². The van der Waals surface area contributed by atoms with Crippen molar-refractivity contribution < 1.29 is 14.3 Å². The summed E-state index contributed by atoms with van der Waals surface area (Å²) >= 11 is 0. The lowest BCUT2D eigenvalue weighted by Gasteiger charge is -2.22. The van der Waals surface area contributed by atoms with Crippen LogP contribution in [0.2, 0.25) is 0 Å². The number of nitrogens with zero attached hydrogens (tertiary/aromatic N) is 3. The van der Waals surface area contributed by atoms with Crippen molar-refractivity contribution >= 4 is 17.6 Å². The van der Waals surface area contributed by atoms with Gasteiger partial charge in [-0.2, -0.15) is 5.10 Å². The summed E-state index contributed by atoms with van der Waals surface area (Å²) in [5.41, 5.74) is 2.72. The minimum absolute atomic E-state index is 0.0180. The number of carbonyl (C=O) groups is 2. The van der Waals surface area contributed by atoms with Gasteiger partial charge in [-0.1, -0.05) is 51.8 Å². The van der Waals surface area contributed by atoms with Crippen molar-refractivity contribution in [3.63, 3.8) is 0 Å². The summed E-state index contributed by atoms with van der Waals surface area (Å²) in [5, 5.41) is 7.70. The van der Waals surface area contributed by atoms with Gasteiger partial charge in [-0.05, 0) is 25.5 Å². The van der Waals surface area contributed by atoms with Crippen molar-refractivity contribution in [3.05, 3.63) is 41.6 Å². The molecule has 2 aromatic rings. The number of anilines is 1. The van der Waals surface area contributed by atoms with Crippen molar-refractivity contribution in [2.45, 2.75) is 59.3 Å². The minimum Gasteiger partial charge on any atom is -0.383 e. The van der Waals surface area contributed by atoms with Crippen molar-refractivity contribution in [2.75, 3.05) is 32.1 Å². The molecule has 0 saturated carbocycles. The van der Waals surface area contributed by atoms with E-state index in [0.29, 0.717) is 25.4 Å². The number of aryl methyl sites for hydroxylation is 1. The van der Waals surface area contributed by atoms with Crippen LogP contribution in [0.4, 0.5) is 5.82 Å². The first-order valence-corrected chi connectivity index (χ1v) is 10.9. The topological polar surface area (TPSA) is 76.5 Å². The fraction of sp³-hybridized carbons (Fsp3) is 0.542. The maximum Gasteiger partial charge on any atom is 0.245 e.